The van der Waals surface area contributed by atoms with Gasteiger partial charge in [0, 0.05) is 5.54 Å². The molecule has 2 N–H and O–H groups in total. The Morgan fingerprint density at radius 2 is 1.16 bits per heavy atom. The van der Waals surface area contributed by atoms with E-state index in [0.717, 1.165) is 11.1 Å². The van der Waals surface area contributed by atoms with Crippen LogP contribution in [-0.4, -0.2) is 85.4 Å². The van der Waals surface area contributed by atoms with Gasteiger partial charge in [-0.25, -0.2) is 9.59 Å². The van der Waals surface area contributed by atoms with E-state index in [9.17, 15) is 24.3 Å². The van der Waals surface area contributed by atoms with E-state index in [1.54, 1.807) is 77.9 Å². The van der Waals surface area contributed by atoms with Gasteiger partial charge in [0.2, 0.25) is 0 Å². The molecule has 0 unspecified atom stereocenters. The van der Waals surface area contributed by atoms with Crippen molar-refractivity contribution in [1.82, 2.24) is 10.2 Å². The second kappa shape index (κ2) is 18.3. The Balaban J connectivity index is 2.12. The standard InChI is InChI=1S/C39H54N2O10/c1-24(28-13-15-32(34(21-28)47-11)49-19-17-40-36(44)51-39(8,9)10)26(3)30(42)23-31(43)27(4)25(2)29-14-16-33(35(22-29)48-12)50-20-18-41(37(45)46)38(5,6)7/h13-16,21-22H,17-20,23H2,1-12H3,(H,40,44)(H,45,46)/b26-24+,27-25+. The van der Waals surface area contributed by atoms with Crippen LogP contribution in [0.1, 0.15) is 86.8 Å². The Kier molecular flexibility index (Phi) is 15.1. The lowest BCUT2D eigenvalue weighted by Crippen LogP contribution is -2.46. The van der Waals surface area contributed by atoms with Gasteiger partial charge >= 0.3 is 12.2 Å². The van der Waals surface area contributed by atoms with Crippen LogP contribution >= 0.6 is 0 Å². The molecule has 0 aromatic heterocycles. The van der Waals surface area contributed by atoms with E-state index in [0.29, 0.717) is 45.3 Å². The van der Waals surface area contributed by atoms with Crippen molar-refractivity contribution in [2.75, 3.05) is 40.5 Å². The average molecular weight is 711 g/mol. The summed E-state index contributed by atoms with van der Waals surface area (Å²) < 4.78 is 27.9. The molecule has 0 fully saturated rings. The Labute approximate surface area is 301 Å². The number of ether oxygens (including phenoxy) is 5. The molecule has 12 nitrogen and oxygen atoms in total. The molecule has 0 heterocycles. The SMILES string of the molecule is COc1cc(/C(C)=C(\C)C(=O)CC(=O)/C(C)=C(\C)c2ccc(OCCN(C(=O)O)C(C)(C)C)c(OC)c2)ccc1OCCNC(=O)OC(C)(C)C. The van der Waals surface area contributed by atoms with E-state index < -0.39 is 23.3 Å². The van der Waals surface area contributed by atoms with Crippen LogP contribution in [0, 0.1) is 0 Å². The molecule has 0 radical (unpaired) electrons. The van der Waals surface area contributed by atoms with Crippen molar-refractivity contribution in [2.45, 2.75) is 86.8 Å². The Hall–Kier alpha value is -5.00. The zero-order chi connectivity index (χ0) is 38.7. The smallest absolute Gasteiger partial charge is 0.407 e. The van der Waals surface area contributed by atoms with Gasteiger partial charge in [-0.1, -0.05) is 12.1 Å². The molecule has 12 heteroatoms. The first-order valence-electron chi connectivity index (χ1n) is 16.7. The van der Waals surface area contributed by atoms with Crippen molar-refractivity contribution in [3.05, 3.63) is 58.7 Å². The number of nitrogens with one attached hydrogen (secondary N) is 1. The number of Topliss-reactive ketones (excluding diaryl/α,β-unsaturated/α-hetero) is 2. The van der Waals surface area contributed by atoms with Crippen molar-refractivity contribution in [3.63, 3.8) is 0 Å². The topological polar surface area (TPSA) is 150 Å². The normalized spacial score (nSPS) is 12.5. The molecule has 2 aromatic rings. The van der Waals surface area contributed by atoms with E-state index in [-0.39, 0.29) is 44.3 Å². The van der Waals surface area contributed by atoms with Crippen LogP contribution in [0.3, 0.4) is 0 Å². The molecule has 280 valence electrons. The highest BCUT2D eigenvalue weighted by atomic mass is 16.6. The number of nitrogens with zero attached hydrogens (tertiary/aromatic N) is 1. The van der Waals surface area contributed by atoms with Crippen LogP contribution in [0.4, 0.5) is 9.59 Å². The van der Waals surface area contributed by atoms with Gasteiger partial charge < -0.3 is 39.0 Å². The van der Waals surface area contributed by atoms with Crippen molar-refractivity contribution >= 4 is 34.9 Å². The van der Waals surface area contributed by atoms with Crippen LogP contribution in [0.2, 0.25) is 0 Å². The third-order valence-electron chi connectivity index (χ3n) is 8.12. The first kappa shape index (κ1) is 42.2. The number of ketones is 2. The fraction of sp³-hybridized carbons (Fsp3) is 0.487. The maximum absolute atomic E-state index is 13.3. The van der Waals surface area contributed by atoms with Crippen LogP contribution in [0.25, 0.3) is 11.1 Å². The number of hydrogen-bond donors (Lipinski definition) is 2. The van der Waals surface area contributed by atoms with E-state index in [2.05, 4.69) is 5.32 Å². The Bertz CT molecular complexity index is 1640. The number of allylic oxidation sites excluding steroid dienone is 4. The van der Waals surface area contributed by atoms with Gasteiger partial charge in [0.15, 0.2) is 34.6 Å². The van der Waals surface area contributed by atoms with Gasteiger partial charge in [-0.2, -0.15) is 0 Å². The zero-order valence-electron chi connectivity index (χ0n) is 32.1. The largest absolute Gasteiger partial charge is 0.493 e. The van der Waals surface area contributed by atoms with Crippen molar-refractivity contribution in [2.24, 2.45) is 0 Å². The molecular weight excluding hydrogens is 656 g/mol. The highest BCUT2D eigenvalue weighted by molar-refractivity contribution is 6.16. The average Bonchev–Trinajstić information content (AvgIpc) is 3.05. The summed E-state index contributed by atoms with van der Waals surface area (Å²) in [5.41, 5.74) is 2.54. The fourth-order valence-electron chi connectivity index (χ4n) is 4.90. The molecule has 2 rings (SSSR count). The van der Waals surface area contributed by atoms with Crippen molar-refractivity contribution < 1.29 is 48.0 Å². The fourth-order valence-corrected chi connectivity index (χ4v) is 4.90. The molecule has 0 aliphatic rings. The highest BCUT2D eigenvalue weighted by Gasteiger charge is 2.26. The van der Waals surface area contributed by atoms with E-state index in [1.165, 1.54) is 19.1 Å². The molecule has 2 amide bonds. The van der Waals surface area contributed by atoms with Crippen molar-refractivity contribution in [3.8, 4) is 23.0 Å². The summed E-state index contributed by atoms with van der Waals surface area (Å²) in [6.07, 6.45) is -1.87. The van der Waals surface area contributed by atoms with E-state index in [1.807, 2.05) is 27.7 Å². The third-order valence-corrected chi connectivity index (χ3v) is 8.12. The summed E-state index contributed by atoms with van der Waals surface area (Å²) in [7, 11) is 3.01. The number of carbonyl (C=O) groups is 4. The number of rotatable bonds is 16. The minimum Gasteiger partial charge on any atom is -0.493 e. The molecule has 0 aliphatic carbocycles. The number of carbonyl (C=O) groups excluding carboxylic acids is 3. The van der Waals surface area contributed by atoms with Crippen LogP contribution < -0.4 is 24.3 Å². The maximum atomic E-state index is 13.3. The molecule has 0 saturated heterocycles. The molecule has 0 spiro atoms. The Morgan fingerprint density at radius 3 is 1.55 bits per heavy atom. The van der Waals surface area contributed by atoms with Gasteiger partial charge in [0.1, 0.15) is 18.8 Å². The number of methoxy groups -OCH3 is 2. The summed E-state index contributed by atoms with van der Waals surface area (Å²) in [6.45, 7) is 18.5. The number of carboxylic acid groups (broad SMARTS) is 1. The second-order valence-corrected chi connectivity index (χ2v) is 14.0. The van der Waals surface area contributed by atoms with Gasteiger partial charge in [-0.05, 0) is 127 Å². The maximum Gasteiger partial charge on any atom is 0.407 e. The third kappa shape index (κ3) is 12.7. The number of hydrogen-bond acceptors (Lipinski definition) is 9. The minimum absolute atomic E-state index is 0.125. The minimum atomic E-state index is -1.03. The summed E-state index contributed by atoms with van der Waals surface area (Å²) in [5.74, 6) is 1.19. The summed E-state index contributed by atoms with van der Waals surface area (Å²) >= 11 is 0. The van der Waals surface area contributed by atoms with E-state index in [4.69, 9.17) is 23.7 Å². The second-order valence-electron chi connectivity index (χ2n) is 14.0. The predicted molar refractivity (Wildman–Crippen MR) is 197 cm³/mol. The van der Waals surface area contributed by atoms with Crippen LogP contribution in [0.15, 0.2) is 47.5 Å². The quantitative estimate of drug-likeness (QED) is 0.101. The molecule has 0 aliphatic heterocycles. The number of benzene rings is 2. The van der Waals surface area contributed by atoms with Gasteiger partial charge in [0.25, 0.3) is 0 Å². The molecular formula is C39H54N2O10. The van der Waals surface area contributed by atoms with Crippen LogP contribution in [0.5, 0.6) is 23.0 Å². The monoisotopic (exact) mass is 710 g/mol. The van der Waals surface area contributed by atoms with Gasteiger partial charge in [0.05, 0.1) is 33.7 Å². The molecule has 2 aromatic carbocycles. The van der Waals surface area contributed by atoms with Gasteiger partial charge in [-0.3, -0.25) is 9.59 Å². The van der Waals surface area contributed by atoms with E-state index >= 15 is 0 Å². The predicted octanol–water partition coefficient (Wildman–Crippen LogP) is 7.58. The number of amides is 2. The highest BCUT2D eigenvalue weighted by Crippen LogP contribution is 2.34. The van der Waals surface area contributed by atoms with Gasteiger partial charge in [-0.15, -0.1) is 0 Å². The lowest BCUT2D eigenvalue weighted by atomic mass is 9.93. The summed E-state index contributed by atoms with van der Waals surface area (Å²) in [4.78, 5) is 51.4. The zero-order valence-corrected chi connectivity index (χ0v) is 32.1. The summed E-state index contributed by atoms with van der Waals surface area (Å²) in [6, 6.07) is 10.5. The lowest BCUT2D eigenvalue weighted by molar-refractivity contribution is -0.123. The van der Waals surface area contributed by atoms with Crippen molar-refractivity contribution in [1.29, 1.82) is 0 Å². The first-order valence-corrected chi connectivity index (χ1v) is 16.7. The molecule has 0 atom stereocenters. The number of alkyl carbamates (subject to hydrolysis) is 1. The summed E-state index contributed by atoms with van der Waals surface area (Å²) in [5, 5.41) is 12.2. The lowest BCUT2D eigenvalue weighted by Gasteiger charge is -2.33. The Morgan fingerprint density at radius 1 is 0.706 bits per heavy atom. The molecule has 0 bridgehead atoms. The molecule has 0 saturated carbocycles. The first-order chi connectivity index (χ1) is 23.7. The van der Waals surface area contributed by atoms with Crippen LogP contribution in [-0.2, 0) is 14.3 Å². The molecule has 51 heavy (non-hydrogen) atoms.